The minimum absolute atomic E-state index is 0.237. The monoisotopic (exact) mass is 560 g/mol. The molecule has 0 saturated carbocycles. The molecular formula is C26H56OSi2Sn. The number of unbranched alkanes of at least 4 members (excludes halogenated alkanes) is 3. The van der Waals surface area contributed by atoms with Gasteiger partial charge in [0.25, 0.3) is 0 Å². The summed E-state index contributed by atoms with van der Waals surface area (Å²) in [6.07, 6.45) is 8.38. The first-order chi connectivity index (χ1) is 13.7. The SMILES string of the molecule is CCC[CH2][Sn]([CH2]CCC)([CH2]CCC)[C](C)(C(C)C)C(C)(C)[Si]O/C(C)=C\[Si](C)(C)C. The summed E-state index contributed by atoms with van der Waals surface area (Å²) in [5.41, 5.74) is 2.44. The van der Waals surface area contributed by atoms with Gasteiger partial charge in [0, 0.05) is 0 Å². The quantitative estimate of drug-likeness (QED) is 0.135. The van der Waals surface area contributed by atoms with Crippen molar-refractivity contribution in [3.63, 3.8) is 0 Å². The number of hydrogen-bond donors (Lipinski definition) is 0. The van der Waals surface area contributed by atoms with Gasteiger partial charge in [-0.1, -0.05) is 0 Å². The number of hydrogen-bond acceptors (Lipinski definition) is 1. The van der Waals surface area contributed by atoms with E-state index in [1.54, 1.807) is 13.3 Å². The van der Waals surface area contributed by atoms with Crippen LogP contribution in [-0.4, -0.2) is 36.2 Å². The predicted octanol–water partition coefficient (Wildman–Crippen LogP) is 9.87. The third-order valence-electron chi connectivity index (χ3n) is 7.68. The molecule has 0 saturated heterocycles. The number of allylic oxidation sites excluding steroid dienone is 1. The summed E-state index contributed by atoms with van der Waals surface area (Å²) in [5, 5.41) is 0.237. The van der Waals surface area contributed by atoms with Crippen molar-refractivity contribution < 1.29 is 4.43 Å². The van der Waals surface area contributed by atoms with Crippen molar-refractivity contribution in [2.45, 2.75) is 142 Å². The zero-order chi connectivity index (χ0) is 23.6. The third-order valence-corrected chi connectivity index (χ3v) is 32.1. The van der Waals surface area contributed by atoms with Gasteiger partial charge in [-0.25, -0.2) is 0 Å². The van der Waals surface area contributed by atoms with E-state index in [9.17, 15) is 0 Å². The Labute approximate surface area is 199 Å². The zero-order valence-corrected chi connectivity index (χ0v) is 27.8. The maximum atomic E-state index is 6.54. The van der Waals surface area contributed by atoms with E-state index in [1.165, 1.54) is 44.3 Å². The van der Waals surface area contributed by atoms with Crippen LogP contribution in [-0.2, 0) is 4.43 Å². The second-order valence-electron chi connectivity index (χ2n) is 11.9. The van der Waals surface area contributed by atoms with Gasteiger partial charge in [-0.2, -0.15) is 0 Å². The molecule has 4 heteroatoms. The van der Waals surface area contributed by atoms with E-state index in [1.807, 2.05) is 0 Å². The van der Waals surface area contributed by atoms with Crippen LogP contribution in [0.5, 0.6) is 0 Å². The molecule has 0 aliphatic carbocycles. The molecule has 0 aromatic heterocycles. The van der Waals surface area contributed by atoms with Crippen molar-refractivity contribution >= 4 is 36.2 Å². The van der Waals surface area contributed by atoms with Crippen LogP contribution in [0.1, 0.15) is 101 Å². The van der Waals surface area contributed by atoms with Gasteiger partial charge in [0.2, 0.25) is 0 Å². The van der Waals surface area contributed by atoms with E-state index < -0.39 is 26.5 Å². The fourth-order valence-electron chi connectivity index (χ4n) is 5.65. The summed E-state index contributed by atoms with van der Waals surface area (Å²) in [7, 11) is -0.679. The van der Waals surface area contributed by atoms with Gasteiger partial charge >= 0.3 is 200 Å². The Hall–Kier alpha value is 0.772. The van der Waals surface area contributed by atoms with E-state index in [0.29, 0.717) is 13.2 Å². The van der Waals surface area contributed by atoms with Crippen LogP contribution in [0.3, 0.4) is 0 Å². The third kappa shape index (κ3) is 8.61. The molecule has 178 valence electrons. The van der Waals surface area contributed by atoms with E-state index in [-0.39, 0.29) is 5.04 Å². The van der Waals surface area contributed by atoms with Crippen molar-refractivity contribution in [3.8, 4) is 0 Å². The van der Waals surface area contributed by atoms with Crippen LogP contribution in [0, 0.1) is 5.92 Å². The van der Waals surface area contributed by atoms with Crippen LogP contribution < -0.4 is 0 Å². The fourth-order valence-corrected chi connectivity index (χ4v) is 32.9. The van der Waals surface area contributed by atoms with Crippen LogP contribution in [0.15, 0.2) is 11.5 Å². The zero-order valence-electron chi connectivity index (χ0n) is 22.9. The molecule has 0 aliphatic heterocycles. The Morgan fingerprint density at radius 1 is 0.900 bits per heavy atom. The molecule has 30 heavy (non-hydrogen) atoms. The van der Waals surface area contributed by atoms with Crippen molar-refractivity contribution in [2.24, 2.45) is 5.92 Å². The van der Waals surface area contributed by atoms with E-state index in [2.05, 4.69) is 87.7 Å². The van der Waals surface area contributed by atoms with E-state index in [0.717, 1.165) is 5.92 Å². The van der Waals surface area contributed by atoms with Crippen LogP contribution in [0.4, 0.5) is 0 Å². The summed E-state index contributed by atoms with van der Waals surface area (Å²) >= 11 is -2.49. The fraction of sp³-hybridized carbons (Fsp3) is 0.923. The second kappa shape index (κ2) is 13.5. The molecule has 0 N–H and O–H groups in total. The molecule has 1 nitrogen and oxygen atoms in total. The minimum atomic E-state index is -2.49. The summed E-state index contributed by atoms with van der Waals surface area (Å²) in [6, 6.07) is 0. The van der Waals surface area contributed by atoms with Gasteiger partial charge in [-0.05, 0) is 0 Å². The van der Waals surface area contributed by atoms with Gasteiger partial charge in [-0.3, -0.25) is 0 Å². The van der Waals surface area contributed by atoms with Crippen molar-refractivity contribution in [3.05, 3.63) is 11.5 Å². The number of rotatable bonds is 16. The average Bonchev–Trinajstić information content (AvgIpc) is 2.64. The van der Waals surface area contributed by atoms with Gasteiger partial charge < -0.3 is 0 Å². The van der Waals surface area contributed by atoms with Crippen LogP contribution in [0.25, 0.3) is 0 Å². The van der Waals surface area contributed by atoms with Crippen molar-refractivity contribution in [1.29, 1.82) is 0 Å². The Kier molecular flexibility index (Phi) is 13.8. The second-order valence-corrected chi connectivity index (χ2v) is 33.1. The molecule has 0 fully saturated rings. The Morgan fingerprint density at radius 3 is 1.60 bits per heavy atom. The maximum absolute atomic E-state index is 6.54. The summed E-state index contributed by atoms with van der Waals surface area (Å²) in [6.45, 7) is 29.5. The molecule has 0 aromatic rings. The van der Waals surface area contributed by atoms with Crippen molar-refractivity contribution in [1.82, 2.24) is 0 Å². The molecule has 1 unspecified atom stereocenters. The van der Waals surface area contributed by atoms with E-state index >= 15 is 0 Å². The first kappa shape index (κ1) is 30.8. The molecular weight excluding hydrogens is 503 g/mol. The molecule has 0 spiro atoms. The predicted molar refractivity (Wildman–Crippen MR) is 146 cm³/mol. The van der Waals surface area contributed by atoms with Gasteiger partial charge in [-0.15, -0.1) is 0 Å². The molecule has 0 aromatic carbocycles. The van der Waals surface area contributed by atoms with Crippen LogP contribution >= 0.6 is 0 Å². The Balaban J connectivity index is 6.19. The summed E-state index contributed by atoms with van der Waals surface area (Å²) in [5.74, 6) is 1.90. The van der Waals surface area contributed by atoms with Gasteiger partial charge in [0.15, 0.2) is 0 Å². The molecule has 0 heterocycles. The molecule has 0 bridgehead atoms. The Morgan fingerprint density at radius 2 is 1.30 bits per heavy atom. The summed E-state index contributed by atoms with van der Waals surface area (Å²) in [4.78, 5) is 0. The molecule has 0 amide bonds. The molecule has 1 atom stereocenters. The van der Waals surface area contributed by atoms with E-state index in [4.69, 9.17) is 4.43 Å². The molecule has 2 radical (unpaired) electrons. The normalized spacial score (nSPS) is 16.1. The first-order valence-corrected chi connectivity index (χ1v) is 24.8. The molecule has 0 rings (SSSR count). The average molecular weight is 560 g/mol. The summed E-state index contributed by atoms with van der Waals surface area (Å²) < 4.78 is 11.7. The van der Waals surface area contributed by atoms with Gasteiger partial charge in [0.1, 0.15) is 0 Å². The molecule has 0 aliphatic rings. The van der Waals surface area contributed by atoms with Crippen LogP contribution in [0.2, 0.25) is 41.4 Å². The van der Waals surface area contributed by atoms with Crippen molar-refractivity contribution in [2.75, 3.05) is 0 Å². The topological polar surface area (TPSA) is 9.23 Å². The first-order valence-electron chi connectivity index (χ1n) is 12.9. The standard InChI is InChI=1S/C14H29OSi2.3C4H9.Sn/c1-11(2)13(4)14(5,6)16-15-12(3)10-17(7,8)9;3*1-3-4-2;/h10-11H,1-9H3;3*1,3-4H2,2H3;/b12-10-;;;;. The van der Waals surface area contributed by atoms with Gasteiger partial charge in [0.05, 0.1) is 0 Å². The Bertz CT molecular complexity index is 486.